The number of aromatic nitrogens is 2. The summed E-state index contributed by atoms with van der Waals surface area (Å²) in [5.41, 5.74) is 10.8. The SMILES string of the molecule is N[C@H]1COCCN1c1nc(Cl)nc(NNC(=O)[C@H](CC2CCCC2)CN(O)C=O)c1F. The summed E-state index contributed by atoms with van der Waals surface area (Å²) >= 11 is 5.95. The van der Waals surface area contributed by atoms with Crippen LogP contribution in [0.4, 0.5) is 16.0 Å². The van der Waals surface area contributed by atoms with Gasteiger partial charge in [-0.3, -0.25) is 25.6 Å². The molecule has 1 saturated heterocycles. The molecule has 0 radical (unpaired) electrons. The lowest BCUT2D eigenvalue weighted by molar-refractivity contribution is -0.154. The second-order valence-corrected chi connectivity index (χ2v) is 8.08. The van der Waals surface area contributed by atoms with Gasteiger partial charge in [0.25, 0.3) is 0 Å². The average Bonchev–Trinajstić information content (AvgIpc) is 3.27. The molecule has 2 aliphatic rings. The number of morpholine rings is 1. The van der Waals surface area contributed by atoms with Crippen LogP contribution >= 0.6 is 11.6 Å². The lowest BCUT2D eigenvalue weighted by Crippen LogP contribution is -2.51. The first kappa shape index (κ1) is 23.4. The zero-order chi connectivity index (χ0) is 22.4. The molecule has 3 rings (SSSR count). The standard InChI is InChI=1S/C18H27ClFN7O4/c19-18-22-15(14(20)16(23-18)27-5-6-31-9-13(27)21)24-25-17(29)12(8-26(30)10-28)7-11-3-1-2-4-11/h10-13,30H,1-9,21H2,(H,25,29)(H,22,23,24)/t12-,13-/m1/s1. The van der Waals surface area contributed by atoms with Gasteiger partial charge in [-0.05, 0) is 23.9 Å². The van der Waals surface area contributed by atoms with Gasteiger partial charge in [0.1, 0.15) is 6.17 Å². The topological polar surface area (TPSA) is 146 Å². The number of amides is 2. The lowest BCUT2D eigenvalue weighted by Gasteiger charge is -2.34. The summed E-state index contributed by atoms with van der Waals surface area (Å²) in [7, 11) is 0. The molecule has 2 amide bonds. The maximum Gasteiger partial charge on any atom is 0.243 e. The predicted octanol–water partition coefficient (Wildman–Crippen LogP) is 0.878. The molecule has 1 aliphatic heterocycles. The molecule has 31 heavy (non-hydrogen) atoms. The average molecular weight is 460 g/mol. The van der Waals surface area contributed by atoms with Gasteiger partial charge in [0, 0.05) is 6.54 Å². The van der Waals surface area contributed by atoms with Gasteiger partial charge >= 0.3 is 0 Å². The first-order chi connectivity index (χ1) is 14.9. The highest BCUT2D eigenvalue weighted by Crippen LogP contribution is 2.31. The predicted molar refractivity (Wildman–Crippen MR) is 110 cm³/mol. The molecule has 1 aliphatic carbocycles. The van der Waals surface area contributed by atoms with Crippen LogP contribution in [-0.2, 0) is 14.3 Å². The van der Waals surface area contributed by atoms with Crippen LogP contribution < -0.4 is 21.5 Å². The Hall–Kier alpha value is -2.28. The number of carbonyl (C=O) groups excluding carboxylic acids is 2. The fourth-order valence-electron chi connectivity index (χ4n) is 3.97. The van der Waals surface area contributed by atoms with Crippen molar-refractivity contribution >= 4 is 35.6 Å². The molecule has 5 N–H and O–H groups in total. The molecule has 172 valence electrons. The van der Waals surface area contributed by atoms with Gasteiger partial charge in [-0.15, -0.1) is 0 Å². The van der Waals surface area contributed by atoms with E-state index in [1.165, 1.54) is 4.90 Å². The molecule has 0 unspecified atom stereocenters. The Balaban J connectivity index is 1.70. The van der Waals surface area contributed by atoms with Gasteiger partial charge in [0.2, 0.25) is 23.4 Å². The molecule has 0 aromatic carbocycles. The van der Waals surface area contributed by atoms with Crippen molar-refractivity contribution in [1.82, 2.24) is 20.5 Å². The van der Waals surface area contributed by atoms with Crippen molar-refractivity contribution in [3.8, 4) is 0 Å². The largest absolute Gasteiger partial charge is 0.376 e. The number of nitrogens with one attached hydrogen (secondary N) is 2. The summed E-state index contributed by atoms with van der Waals surface area (Å²) in [6.45, 7) is 0.705. The number of anilines is 2. The molecule has 2 heterocycles. The molecule has 11 nitrogen and oxygen atoms in total. The highest BCUT2D eigenvalue weighted by atomic mass is 35.5. The molecule has 1 aromatic rings. The molecule has 13 heteroatoms. The Morgan fingerprint density at radius 2 is 2.19 bits per heavy atom. The summed E-state index contributed by atoms with van der Waals surface area (Å²) in [6, 6.07) is 0. The van der Waals surface area contributed by atoms with Crippen LogP contribution in [0.1, 0.15) is 32.1 Å². The van der Waals surface area contributed by atoms with Crippen molar-refractivity contribution < 1.29 is 23.9 Å². The van der Waals surface area contributed by atoms with Crippen molar-refractivity contribution in [2.24, 2.45) is 17.6 Å². The van der Waals surface area contributed by atoms with Gasteiger partial charge in [-0.25, -0.2) is 5.06 Å². The maximum absolute atomic E-state index is 15.0. The van der Waals surface area contributed by atoms with E-state index in [0.717, 1.165) is 25.7 Å². The first-order valence-electron chi connectivity index (χ1n) is 10.2. The number of hydrazine groups is 1. The summed E-state index contributed by atoms with van der Waals surface area (Å²) in [4.78, 5) is 32.8. The molecule has 2 fully saturated rings. The van der Waals surface area contributed by atoms with Crippen molar-refractivity contribution in [2.45, 2.75) is 38.3 Å². The van der Waals surface area contributed by atoms with Crippen molar-refractivity contribution in [3.63, 3.8) is 0 Å². The fourth-order valence-corrected chi connectivity index (χ4v) is 4.14. The highest BCUT2D eigenvalue weighted by molar-refractivity contribution is 6.28. The number of halogens is 2. The van der Waals surface area contributed by atoms with Crippen LogP contribution in [0.2, 0.25) is 5.28 Å². The van der Waals surface area contributed by atoms with Crippen LogP contribution in [0.5, 0.6) is 0 Å². The number of hydrogen-bond donors (Lipinski definition) is 4. The normalized spacial score (nSPS) is 20.4. The number of hydroxylamine groups is 2. The van der Waals surface area contributed by atoms with E-state index in [2.05, 4.69) is 20.8 Å². The Labute approximate surface area is 184 Å². The number of carbonyl (C=O) groups is 2. The molecular formula is C18H27ClFN7O4. The second kappa shape index (κ2) is 10.8. The van der Waals surface area contributed by atoms with E-state index in [4.69, 9.17) is 22.1 Å². The number of hydrogen-bond acceptors (Lipinski definition) is 9. The Morgan fingerprint density at radius 1 is 1.45 bits per heavy atom. The third-order valence-electron chi connectivity index (χ3n) is 5.54. The number of ether oxygens (including phenoxy) is 1. The minimum Gasteiger partial charge on any atom is -0.376 e. The summed E-state index contributed by atoms with van der Waals surface area (Å²) in [6.07, 6.45) is 4.29. The van der Waals surface area contributed by atoms with E-state index in [1.54, 1.807) is 0 Å². The smallest absolute Gasteiger partial charge is 0.243 e. The Kier molecular flexibility index (Phi) is 8.18. The second-order valence-electron chi connectivity index (χ2n) is 7.74. The van der Waals surface area contributed by atoms with Gasteiger partial charge < -0.3 is 15.4 Å². The third-order valence-corrected chi connectivity index (χ3v) is 5.71. The van der Waals surface area contributed by atoms with Crippen LogP contribution in [0.3, 0.4) is 0 Å². The van der Waals surface area contributed by atoms with Crippen LogP contribution in [0.15, 0.2) is 0 Å². The summed E-state index contributed by atoms with van der Waals surface area (Å²) in [5.74, 6) is -2.11. The zero-order valence-corrected chi connectivity index (χ0v) is 17.7. The summed E-state index contributed by atoms with van der Waals surface area (Å²) < 4.78 is 20.3. The Bertz CT molecular complexity index is 784. The van der Waals surface area contributed by atoms with E-state index < -0.39 is 23.8 Å². The van der Waals surface area contributed by atoms with E-state index in [9.17, 15) is 14.8 Å². The monoisotopic (exact) mass is 459 g/mol. The number of nitrogens with zero attached hydrogens (tertiary/aromatic N) is 4. The first-order valence-corrected chi connectivity index (χ1v) is 10.6. The van der Waals surface area contributed by atoms with E-state index in [0.29, 0.717) is 30.6 Å². The van der Waals surface area contributed by atoms with Crippen molar-refractivity contribution in [1.29, 1.82) is 0 Å². The number of nitrogens with two attached hydrogens (primary N) is 1. The molecule has 2 atom stereocenters. The molecule has 1 aromatic heterocycles. The molecular weight excluding hydrogens is 433 g/mol. The maximum atomic E-state index is 15.0. The minimum atomic E-state index is -0.828. The van der Waals surface area contributed by atoms with Gasteiger partial charge in [-0.1, -0.05) is 25.7 Å². The van der Waals surface area contributed by atoms with Crippen LogP contribution in [0.25, 0.3) is 0 Å². The molecule has 1 saturated carbocycles. The minimum absolute atomic E-state index is 0.0995. The van der Waals surface area contributed by atoms with Gasteiger partial charge in [-0.2, -0.15) is 14.4 Å². The quantitative estimate of drug-likeness (QED) is 0.183. The van der Waals surface area contributed by atoms with E-state index in [1.807, 2.05) is 0 Å². The van der Waals surface area contributed by atoms with Crippen LogP contribution in [-0.4, -0.2) is 65.0 Å². The fraction of sp³-hybridized carbons (Fsp3) is 0.667. The molecule has 0 bridgehead atoms. The lowest BCUT2D eigenvalue weighted by atomic mass is 9.92. The van der Waals surface area contributed by atoms with Crippen molar-refractivity contribution in [3.05, 3.63) is 11.1 Å². The van der Waals surface area contributed by atoms with E-state index in [-0.39, 0.29) is 36.5 Å². The number of rotatable bonds is 9. The van der Waals surface area contributed by atoms with Crippen LogP contribution in [0, 0.1) is 17.7 Å². The van der Waals surface area contributed by atoms with Crippen molar-refractivity contribution in [2.75, 3.05) is 36.6 Å². The third kappa shape index (κ3) is 6.12. The van der Waals surface area contributed by atoms with Gasteiger partial charge in [0.05, 0.1) is 25.7 Å². The zero-order valence-electron chi connectivity index (χ0n) is 17.0. The highest BCUT2D eigenvalue weighted by Gasteiger charge is 2.29. The molecule has 0 spiro atoms. The van der Waals surface area contributed by atoms with E-state index >= 15 is 4.39 Å². The Morgan fingerprint density at radius 3 is 2.87 bits per heavy atom. The summed E-state index contributed by atoms with van der Waals surface area (Å²) in [5, 5.41) is 9.77. The van der Waals surface area contributed by atoms with Gasteiger partial charge in [0.15, 0.2) is 11.6 Å².